The number of unbranched alkanes of at least 4 members (excludes halogenated alkanes) is 1. The fourth-order valence-corrected chi connectivity index (χ4v) is 8.10. The van der Waals surface area contributed by atoms with Crippen molar-refractivity contribution < 1.29 is 28.8 Å². The first kappa shape index (κ1) is 40.5. The smallest absolute Gasteiger partial charge is 0.161 e. The van der Waals surface area contributed by atoms with Gasteiger partial charge in [-0.05, 0) is 103 Å². The normalized spacial score (nSPS) is 21.8. The van der Waals surface area contributed by atoms with Crippen LogP contribution in [-0.4, -0.2) is 88.8 Å². The van der Waals surface area contributed by atoms with Crippen molar-refractivity contribution in [3.05, 3.63) is 46.5 Å². The second kappa shape index (κ2) is 19.5. The van der Waals surface area contributed by atoms with Crippen LogP contribution in [0, 0.1) is 11.8 Å². The summed E-state index contributed by atoms with van der Waals surface area (Å²) >= 11 is 0. The molecule has 2 aromatic rings. The van der Waals surface area contributed by atoms with Gasteiger partial charge in [-0.15, -0.1) is 24.8 Å². The molecule has 0 aliphatic carbocycles. The van der Waals surface area contributed by atoms with Crippen molar-refractivity contribution in [3.8, 4) is 23.0 Å². The Hall–Kier alpha value is -1.94. The van der Waals surface area contributed by atoms with Gasteiger partial charge in [-0.2, -0.15) is 0 Å². The van der Waals surface area contributed by atoms with Crippen LogP contribution in [0.2, 0.25) is 0 Å². The molecule has 5 rings (SSSR count). The van der Waals surface area contributed by atoms with Gasteiger partial charge < -0.3 is 28.8 Å². The maximum Gasteiger partial charge on any atom is 0.161 e. The monoisotopic (exact) mass is 710 g/mol. The first-order valence-electron chi connectivity index (χ1n) is 17.7. The van der Waals surface area contributed by atoms with Crippen LogP contribution in [0.25, 0.3) is 0 Å². The van der Waals surface area contributed by atoms with Crippen LogP contribution in [0.5, 0.6) is 23.0 Å². The second-order valence-electron chi connectivity index (χ2n) is 13.6. The molecular formula is C38H60Cl2N2O6. The molecule has 5 unspecified atom stereocenters. The molecule has 3 heterocycles. The van der Waals surface area contributed by atoms with Crippen LogP contribution in [-0.2, 0) is 17.6 Å². The molecule has 8 nitrogen and oxygen atoms in total. The van der Waals surface area contributed by atoms with Crippen molar-refractivity contribution in [1.82, 2.24) is 9.80 Å². The molecule has 5 atom stereocenters. The zero-order chi connectivity index (χ0) is 32.6. The van der Waals surface area contributed by atoms with Gasteiger partial charge in [0, 0.05) is 38.3 Å². The number of rotatable bonds is 16. The van der Waals surface area contributed by atoms with E-state index in [0.29, 0.717) is 31.0 Å². The van der Waals surface area contributed by atoms with Gasteiger partial charge in [0.2, 0.25) is 0 Å². The minimum atomic E-state index is -0.526. The summed E-state index contributed by atoms with van der Waals surface area (Å²) < 4.78 is 28.9. The predicted molar refractivity (Wildman–Crippen MR) is 197 cm³/mol. The third-order valence-corrected chi connectivity index (χ3v) is 10.8. The molecule has 1 saturated heterocycles. The first-order valence-corrected chi connectivity index (χ1v) is 17.7. The zero-order valence-electron chi connectivity index (χ0n) is 30.0. The lowest BCUT2D eigenvalue weighted by Crippen LogP contribution is -2.44. The Bertz CT molecular complexity index is 1280. The highest BCUT2D eigenvalue weighted by atomic mass is 35.5. The number of β-amino-alcohol motifs (C(OH)–C–C–N with tert-alkyl or cyclic N) is 1. The molecule has 0 amide bonds. The molecule has 0 aromatic heterocycles. The van der Waals surface area contributed by atoms with E-state index in [1.54, 1.807) is 28.4 Å². The van der Waals surface area contributed by atoms with Gasteiger partial charge in [0.15, 0.2) is 23.0 Å². The number of fused-ring (bicyclic) bond motifs is 4. The van der Waals surface area contributed by atoms with Crippen LogP contribution in [0.15, 0.2) is 24.3 Å². The van der Waals surface area contributed by atoms with Gasteiger partial charge in [-0.3, -0.25) is 9.80 Å². The van der Waals surface area contributed by atoms with Crippen molar-refractivity contribution in [2.24, 2.45) is 11.8 Å². The largest absolute Gasteiger partial charge is 0.493 e. The minimum Gasteiger partial charge on any atom is -0.493 e. The van der Waals surface area contributed by atoms with E-state index in [9.17, 15) is 5.11 Å². The van der Waals surface area contributed by atoms with Gasteiger partial charge in [-0.25, -0.2) is 0 Å². The number of hydrogen-bond acceptors (Lipinski definition) is 8. The van der Waals surface area contributed by atoms with Crippen LogP contribution in [0.3, 0.4) is 0 Å². The number of hydrogen-bond donors (Lipinski definition) is 1. The summed E-state index contributed by atoms with van der Waals surface area (Å²) in [5.41, 5.74) is 5.39. The number of halogens is 2. The maximum atomic E-state index is 11.2. The minimum absolute atomic E-state index is 0. The number of aliphatic hydroxyl groups excluding tert-OH is 1. The highest BCUT2D eigenvalue weighted by Crippen LogP contribution is 2.47. The third-order valence-electron chi connectivity index (χ3n) is 10.8. The van der Waals surface area contributed by atoms with Crippen LogP contribution in [0.1, 0.15) is 93.1 Å². The van der Waals surface area contributed by atoms with E-state index in [-0.39, 0.29) is 30.9 Å². The average molecular weight is 712 g/mol. The summed E-state index contributed by atoms with van der Waals surface area (Å²) in [6.07, 6.45) is 9.53. The zero-order valence-corrected chi connectivity index (χ0v) is 31.6. The summed E-state index contributed by atoms with van der Waals surface area (Å²) in [5.74, 6) is 4.30. The van der Waals surface area contributed by atoms with Crippen molar-refractivity contribution in [2.75, 3.05) is 67.8 Å². The lowest BCUT2D eigenvalue weighted by Gasteiger charge is -2.46. The Morgan fingerprint density at radius 1 is 0.792 bits per heavy atom. The Labute approximate surface area is 301 Å². The van der Waals surface area contributed by atoms with E-state index >= 15 is 0 Å². The number of aliphatic hydroxyl groups is 1. The van der Waals surface area contributed by atoms with Crippen LogP contribution >= 0.6 is 24.8 Å². The summed E-state index contributed by atoms with van der Waals surface area (Å²) in [6, 6.07) is 9.32. The second-order valence-corrected chi connectivity index (χ2v) is 13.6. The molecule has 3 aliphatic rings. The van der Waals surface area contributed by atoms with Crippen molar-refractivity contribution in [3.63, 3.8) is 0 Å². The molecule has 0 spiro atoms. The Balaban J connectivity index is 0.00000312. The average Bonchev–Trinajstić information content (AvgIpc) is 3.09. The molecule has 1 fully saturated rings. The number of nitrogens with zero attached hydrogens (tertiary/aromatic N) is 2. The summed E-state index contributed by atoms with van der Waals surface area (Å²) in [4.78, 5) is 5.17. The quantitative estimate of drug-likeness (QED) is 0.193. The van der Waals surface area contributed by atoms with Gasteiger partial charge >= 0.3 is 0 Å². The van der Waals surface area contributed by atoms with E-state index in [1.165, 1.54) is 47.9 Å². The van der Waals surface area contributed by atoms with E-state index in [2.05, 4.69) is 47.9 Å². The molecule has 272 valence electrons. The SMILES string of the molecule is CCCCC(CC)COCC(O)CN1CCc2cc(OC)c(OC)cc2C1CC1CCN2CCc3cc(OC)c(OC)cc3C2C1.Cl.Cl. The molecular weight excluding hydrogens is 651 g/mol. The van der Waals surface area contributed by atoms with E-state index in [0.717, 1.165) is 81.3 Å². The first-order chi connectivity index (χ1) is 22.4. The van der Waals surface area contributed by atoms with Gasteiger partial charge in [-0.1, -0.05) is 33.1 Å². The summed E-state index contributed by atoms with van der Waals surface area (Å²) in [7, 11) is 6.86. The number of benzene rings is 2. The molecule has 0 bridgehead atoms. The summed E-state index contributed by atoms with van der Waals surface area (Å²) in [5, 5.41) is 11.2. The molecule has 2 aromatic carbocycles. The highest BCUT2D eigenvalue weighted by molar-refractivity contribution is 5.85. The molecule has 48 heavy (non-hydrogen) atoms. The lowest BCUT2D eigenvalue weighted by atomic mass is 9.77. The number of piperidine rings is 1. The fourth-order valence-electron chi connectivity index (χ4n) is 8.10. The van der Waals surface area contributed by atoms with Crippen molar-refractivity contribution in [2.45, 2.75) is 89.8 Å². The summed E-state index contributed by atoms with van der Waals surface area (Å²) in [6.45, 7) is 9.28. The van der Waals surface area contributed by atoms with Crippen molar-refractivity contribution in [1.29, 1.82) is 0 Å². The third kappa shape index (κ3) is 9.43. The van der Waals surface area contributed by atoms with Crippen LogP contribution in [0.4, 0.5) is 0 Å². The Morgan fingerprint density at radius 3 is 2.02 bits per heavy atom. The molecule has 1 N–H and O–H groups in total. The van der Waals surface area contributed by atoms with Gasteiger partial charge in [0.1, 0.15) is 0 Å². The Morgan fingerprint density at radius 2 is 1.40 bits per heavy atom. The highest BCUT2D eigenvalue weighted by Gasteiger charge is 2.38. The topological polar surface area (TPSA) is 72.9 Å². The van der Waals surface area contributed by atoms with E-state index in [4.69, 9.17) is 23.7 Å². The lowest BCUT2D eigenvalue weighted by molar-refractivity contribution is -0.00945. The van der Waals surface area contributed by atoms with Crippen molar-refractivity contribution >= 4 is 24.8 Å². The van der Waals surface area contributed by atoms with E-state index in [1.807, 2.05) is 0 Å². The molecule has 3 aliphatic heterocycles. The maximum absolute atomic E-state index is 11.2. The Kier molecular flexibility index (Phi) is 16.4. The fraction of sp³-hybridized carbons (Fsp3) is 0.684. The van der Waals surface area contributed by atoms with Crippen LogP contribution < -0.4 is 18.9 Å². The van der Waals surface area contributed by atoms with E-state index < -0.39 is 6.10 Å². The molecule has 0 saturated carbocycles. The standard InChI is InChI=1S/C38H58N2O6.2ClH/c1-7-9-10-26(8-2)24-46-25-30(41)23-40-16-13-29-20-36(43-4)38(45-6)22-32(29)34(40)18-27-11-14-39-15-12-28-19-35(42-3)37(44-5)21-31(28)33(39)17-27;;/h19-22,26-27,30,33-34,41H,7-18,23-25H2,1-6H3;2*1H. The predicted octanol–water partition coefficient (Wildman–Crippen LogP) is 7.46. The number of methoxy groups -OCH3 is 4. The molecule has 0 radical (unpaired) electrons. The molecule has 10 heteroatoms. The van der Waals surface area contributed by atoms with Gasteiger partial charge in [0.05, 0.1) is 41.2 Å². The van der Waals surface area contributed by atoms with Gasteiger partial charge in [0.25, 0.3) is 0 Å². The number of ether oxygens (including phenoxy) is 5.